The van der Waals surface area contributed by atoms with Crippen LogP contribution in [0.15, 0.2) is 66.7 Å². The Morgan fingerprint density at radius 1 is 0.941 bits per heavy atom. The molecule has 0 atom stereocenters. The number of carbonyl (C=O) groups excluding carboxylic acids is 1. The van der Waals surface area contributed by atoms with Crippen LogP contribution in [0.1, 0.15) is 11.1 Å². The van der Waals surface area contributed by atoms with E-state index in [9.17, 15) is 4.79 Å². The minimum Gasteiger partial charge on any atom is -0.493 e. The molecule has 0 spiro atoms. The summed E-state index contributed by atoms with van der Waals surface area (Å²) in [6.45, 7) is 5.95. The predicted octanol–water partition coefficient (Wildman–Crippen LogP) is 4.47. The molecule has 0 radical (unpaired) electrons. The number of methoxy groups -OCH3 is 1. The topological polar surface area (TPSA) is 72.1 Å². The van der Waals surface area contributed by atoms with E-state index >= 15 is 0 Å². The fourth-order valence-corrected chi connectivity index (χ4v) is 3.73. The van der Waals surface area contributed by atoms with Crippen molar-refractivity contribution < 1.29 is 19.0 Å². The number of hydrogen-bond acceptors (Lipinski definition) is 6. The number of anilines is 3. The first-order valence-electron chi connectivity index (χ1n) is 11.4. The quantitative estimate of drug-likeness (QED) is 0.490. The number of ether oxygens (including phenoxy) is 3. The molecule has 0 aromatic heterocycles. The van der Waals surface area contributed by atoms with Crippen molar-refractivity contribution in [1.82, 2.24) is 0 Å². The lowest BCUT2D eigenvalue weighted by molar-refractivity contribution is -0.118. The molecular formula is C27H31N3O4. The zero-order valence-electron chi connectivity index (χ0n) is 19.7. The third-order valence-electron chi connectivity index (χ3n) is 5.66. The van der Waals surface area contributed by atoms with Gasteiger partial charge in [-0.15, -0.1) is 0 Å². The second-order valence-corrected chi connectivity index (χ2v) is 8.19. The van der Waals surface area contributed by atoms with Gasteiger partial charge in [-0.05, 0) is 61.0 Å². The largest absolute Gasteiger partial charge is 0.493 e. The molecule has 0 aliphatic carbocycles. The van der Waals surface area contributed by atoms with Crippen molar-refractivity contribution in [2.75, 3.05) is 55.6 Å². The lowest BCUT2D eigenvalue weighted by atomic mass is 10.2. The van der Waals surface area contributed by atoms with Gasteiger partial charge in [-0.1, -0.05) is 23.8 Å². The smallest absolute Gasteiger partial charge is 0.262 e. The van der Waals surface area contributed by atoms with Crippen LogP contribution in [0.4, 0.5) is 17.1 Å². The summed E-state index contributed by atoms with van der Waals surface area (Å²) in [6.07, 6.45) is 0. The molecule has 1 saturated heterocycles. The molecule has 1 heterocycles. The van der Waals surface area contributed by atoms with Crippen LogP contribution in [-0.2, 0) is 16.1 Å². The standard InChI is InChI=1S/C27H31N3O4/c1-20-3-6-23(7-4-20)29-27(31)19-34-25-12-5-21(17-26(25)32-2)18-28-22-8-10-24(11-9-22)30-13-15-33-16-14-30/h3-12,17,28H,13-16,18-19H2,1-2H3,(H,29,31). The second kappa shape index (κ2) is 11.4. The molecule has 178 valence electrons. The number of aryl methyl sites for hydroxylation is 1. The highest BCUT2D eigenvalue weighted by atomic mass is 16.5. The maximum absolute atomic E-state index is 12.2. The molecule has 1 amide bonds. The van der Waals surface area contributed by atoms with E-state index in [1.807, 2.05) is 49.4 Å². The molecule has 2 N–H and O–H groups in total. The van der Waals surface area contributed by atoms with E-state index in [4.69, 9.17) is 14.2 Å². The molecule has 34 heavy (non-hydrogen) atoms. The van der Waals surface area contributed by atoms with Crippen LogP contribution in [0, 0.1) is 6.92 Å². The third-order valence-corrected chi connectivity index (χ3v) is 5.66. The van der Waals surface area contributed by atoms with Gasteiger partial charge in [0.05, 0.1) is 20.3 Å². The Morgan fingerprint density at radius 2 is 1.65 bits per heavy atom. The lowest BCUT2D eigenvalue weighted by Gasteiger charge is -2.28. The first kappa shape index (κ1) is 23.4. The summed E-state index contributed by atoms with van der Waals surface area (Å²) in [4.78, 5) is 14.6. The van der Waals surface area contributed by atoms with E-state index in [0.717, 1.165) is 48.8 Å². The molecule has 0 saturated carbocycles. The van der Waals surface area contributed by atoms with Crippen LogP contribution in [-0.4, -0.2) is 45.9 Å². The molecule has 7 nitrogen and oxygen atoms in total. The van der Waals surface area contributed by atoms with Crippen molar-refractivity contribution in [3.8, 4) is 11.5 Å². The van der Waals surface area contributed by atoms with Crippen molar-refractivity contribution in [1.29, 1.82) is 0 Å². The SMILES string of the molecule is COc1cc(CNc2ccc(N3CCOCC3)cc2)ccc1OCC(=O)Nc1ccc(C)cc1. The van der Waals surface area contributed by atoms with Crippen molar-refractivity contribution >= 4 is 23.0 Å². The van der Waals surface area contributed by atoms with Gasteiger partial charge < -0.3 is 29.7 Å². The second-order valence-electron chi connectivity index (χ2n) is 8.19. The van der Waals surface area contributed by atoms with Crippen LogP contribution < -0.4 is 25.0 Å². The average molecular weight is 462 g/mol. The summed E-state index contributed by atoms with van der Waals surface area (Å²) in [6, 6.07) is 21.8. The summed E-state index contributed by atoms with van der Waals surface area (Å²) in [5, 5.41) is 6.27. The summed E-state index contributed by atoms with van der Waals surface area (Å²) < 4.78 is 16.6. The number of benzene rings is 3. The first-order chi connectivity index (χ1) is 16.6. The van der Waals surface area contributed by atoms with E-state index in [2.05, 4.69) is 39.8 Å². The number of morpholine rings is 1. The van der Waals surface area contributed by atoms with Crippen molar-refractivity contribution in [2.24, 2.45) is 0 Å². The van der Waals surface area contributed by atoms with Gasteiger partial charge in [0.25, 0.3) is 5.91 Å². The molecule has 3 aromatic rings. The lowest BCUT2D eigenvalue weighted by Crippen LogP contribution is -2.36. The number of amides is 1. The van der Waals surface area contributed by atoms with Gasteiger partial charge in [-0.3, -0.25) is 4.79 Å². The summed E-state index contributed by atoms with van der Waals surface area (Å²) in [5.74, 6) is 0.891. The van der Waals surface area contributed by atoms with E-state index in [1.165, 1.54) is 5.69 Å². The molecule has 1 aliphatic rings. The molecule has 3 aromatic carbocycles. The normalized spacial score (nSPS) is 13.3. The van der Waals surface area contributed by atoms with Crippen molar-refractivity contribution in [3.63, 3.8) is 0 Å². The fraction of sp³-hybridized carbons (Fsp3) is 0.296. The summed E-state index contributed by atoms with van der Waals surface area (Å²) in [7, 11) is 1.59. The van der Waals surface area contributed by atoms with Crippen LogP contribution >= 0.6 is 0 Å². The van der Waals surface area contributed by atoms with Gasteiger partial charge in [-0.25, -0.2) is 0 Å². The zero-order valence-corrected chi connectivity index (χ0v) is 19.7. The zero-order chi connectivity index (χ0) is 23.8. The Labute approximate surface area is 200 Å². The van der Waals surface area contributed by atoms with Crippen LogP contribution in [0.3, 0.4) is 0 Å². The maximum atomic E-state index is 12.2. The van der Waals surface area contributed by atoms with Gasteiger partial charge in [-0.2, -0.15) is 0 Å². The van der Waals surface area contributed by atoms with Gasteiger partial charge in [0.2, 0.25) is 0 Å². The minimum atomic E-state index is -0.225. The average Bonchev–Trinajstić information content (AvgIpc) is 2.88. The molecule has 4 rings (SSSR count). The number of rotatable bonds is 9. The highest BCUT2D eigenvalue weighted by molar-refractivity contribution is 5.91. The summed E-state index contributed by atoms with van der Waals surface area (Å²) in [5.41, 5.74) is 5.18. The van der Waals surface area contributed by atoms with Gasteiger partial charge >= 0.3 is 0 Å². The number of nitrogens with zero attached hydrogens (tertiary/aromatic N) is 1. The van der Waals surface area contributed by atoms with Gasteiger partial charge in [0, 0.05) is 36.7 Å². The Kier molecular flexibility index (Phi) is 7.88. The van der Waals surface area contributed by atoms with Crippen molar-refractivity contribution in [3.05, 3.63) is 77.9 Å². The molecule has 0 unspecified atom stereocenters. The first-order valence-corrected chi connectivity index (χ1v) is 11.4. The third kappa shape index (κ3) is 6.42. The highest BCUT2D eigenvalue weighted by Gasteiger charge is 2.11. The van der Waals surface area contributed by atoms with E-state index in [0.29, 0.717) is 18.0 Å². The molecule has 1 aliphatic heterocycles. The Hall–Kier alpha value is -3.71. The highest BCUT2D eigenvalue weighted by Crippen LogP contribution is 2.28. The molecular weight excluding hydrogens is 430 g/mol. The number of nitrogens with one attached hydrogen (secondary N) is 2. The monoisotopic (exact) mass is 461 g/mol. The van der Waals surface area contributed by atoms with Crippen LogP contribution in [0.25, 0.3) is 0 Å². The van der Waals surface area contributed by atoms with Crippen LogP contribution in [0.5, 0.6) is 11.5 Å². The Bertz CT molecular complexity index is 1080. The molecule has 1 fully saturated rings. The maximum Gasteiger partial charge on any atom is 0.262 e. The number of hydrogen-bond donors (Lipinski definition) is 2. The van der Waals surface area contributed by atoms with E-state index in [-0.39, 0.29) is 12.5 Å². The fourth-order valence-electron chi connectivity index (χ4n) is 3.73. The van der Waals surface area contributed by atoms with Crippen molar-refractivity contribution in [2.45, 2.75) is 13.5 Å². The molecule has 7 heteroatoms. The molecule has 0 bridgehead atoms. The Balaban J connectivity index is 1.29. The minimum absolute atomic E-state index is 0.0999. The number of carbonyl (C=O) groups is 1. The summed E-state index contributed by atoms with van der Waals surface area (Å²) >= 11 is 0. The van der Waals surface area contributed by atoms with Gasteiger partial charge in [0.1, 0.15) is 0 Å². The van der Waals surface area contributed by atoms with E-state index in [1.54, 1.807) is 7.11 Å². The van der Waals surface area contributed by atoms with Crippen LogP contribution in [0.2, 0.25) is 0 Å². The predicted molar refractivity (Wildman–Crippen MR) is 135 cm³/mol. The van der Waals surface area contributed by atoms with Gasteiger partial charge in [0.15, 0.2) is 18.1 Å². The van der Waals surface area contributed by atoms with E-state index < -0.39 is 0 Å². The Morgan fingerprint density at radius 3 is 2.35 bits per heavy atom.